The number of thiazole rings is 1. The lowest BCUT2D eigenvalue weighted by molar-refractivity contribution is 0.415. The minimum Gasteiger partial charge on any atom is -0.497 e. The van der Waals surface area contributed by atoms with Crippen LogP contribution in [0.4, 0.5) is 5.00 Å². The highest BCUT2D eigenvalue weighted by molar-refractivity contribution is 7.14. The van der Waals surface area contributed by atoms with E-state index in [1.807, 2.05) is 42.6 Å². The number of nitrogens with one attached hydrogen (secondary N) is 2. The van der Waals surface area contributed by atoms with Gasteiger partial charge in [-0.2, -0.15) is 0 Å². The molecule has 0 atom stereocenters. The van der Waals surface area contributed by atoms with E-state index in [1.54, 1.807) is 18.4 Å². The van der Waals surface area contributed by atoms with E-state index in [4.69, 9.17) is 9.72 Å². The zero-order valence-corrected chi connectivity index (χ0v) is 18.9. The van der Waals surface area contributed by atoms with Gasteiger partial charge in [0.25, 0.3) is 0 Å². The van der Waals surface area contributed by atoms with Crippen molar-refractivity contribution < 1.29 is 4.74 Å². The Morgan fingerprint density at radius 2 is 2.00 bits per heavy atom. The second-order valence-electron chi connectivity index (χ2n) is 7.16. The molecule has 1 fully saturated rings. The van der Waals surface area contributed by atoms with Crippen LogP contribution in [0.1, 0.15) is 18.5 Å². The average Bonchev–Trinajstić information content (AvgIpc) is 3.50. The molecular weight excluding hydrogens is 414 g/mol. The van der Waals surface area contributed by atoms with Crippen LogP contribution in [0.25, 0.3) is 10.6 Å². The number of nitrogens with zero attached hydrogens (tertiary/aromatic N) is 3. The summed E-state index contributed by atoms with van der Waals surface area (Å²) in [4.78, 5) is 11.6. The van der Waals surface area contributed by atoms with Crippen molar-refractivity contribution in [2.45, 2.75) is 25.4 Å². The first-order valence-corrected chi connectivity index (χ1v) is 11.9. The number of ether oxygens (including phenoxy) is 1. The molecule has 158 valence electrons. The molecule has 2 N–H and O–H groups in total. The number of benzene rings is 1. The topological polar surface area (TPSA) is 61.8 Å². The van der Waals surface area contributed by atoms with Crippen LogP contribution in [0.15, 0.2) is 52.2 Å². The minimum absolute atomic E-state index is 0.442. The third-order valence-electron chi connectivity index (χ3n) is 5.20. The second-order valence-corrected chi connectivity index (χ2v) is 8.94. The van der Waals surface area contributed by atoms with Crippen LogP contribution in [0, 0.1) is 0 Å². The predicted molar refractivity (Wildman–Crippen MR) is 127 cm³/mol. The Kier molecular flexibility index (Phi) is 6.86. The second kappa shape index (κ2) is 9.95. The standard InChI is InChI=1S/C22H27N5OS2/c1-23-22(26-17-9-11-27(12-10-17)20-4-3-13-29-20)24-14-18-15-30-21(25-18)16-5-7-19(28-2)8-6-16/h3-8,13,15,17H,9-12,14H2,1-2H3,(H2,23,24,26). The minimum atomic E-state index is 0.442. The van der Waals surface area contributed by atoms with Crippen molar-refractivity contribution in [1.82, 2.24) is 15.6 Å². The Hall–Kier alpha value is -2.58. The molecule has 1 aliphatic rings. The molecule has 3 aromatic rings. The van der Waals surface area contributed by atoms with Gasteiger partial charge in [-0.05, 0) is 54.6 Å². The SMILES string of the molecule is CN=C(NCc1csc(-c2ccc(OC)cc2)n1)NC1CCN(c2cccs2)CC1. The molecule has 1 aliphatic heterocycles. The first-order chi connectivity index (χ1) is 14.7. The number of rotatable bonds is 6. The van der Waals surface area contributed by atoms with Gasteiger partial charge in [0.05, 0.1) is 24.3 Å². The van der Waals surface area contributed by atoms with Crippen LogP contribution in [0.2, 0.25) is 0 Å². The van der Waals surface area contributed by atoms with Crippen LogP contribution in [-0.2, 0) is 6.54 Å². The molecule has 0 radical (unpaired) electrons. The maximum absolute atomic E-state index is 5.23. The number of methoxy groups -OCH3 is 1. The van der Waals surface area contributed by atoms with E-state index in [2.05, 4.69) is 43.4 Å². The quantitative estimate of drug-likeness (QED) is 0.443. The molecule has 2 aromatic heterocycles. The van der Waals surface area contributed by atoms with Gasteiger partial charge in [-0.15, -0.1) is 22.7 Å². The number of hydrogen-bond donors (Lipinski definition) is 2. The fraction of sp³-hybridized carbons (Fsp3) is 0.364. The smallest absolute Gasteiger partial charge is 0.191 e. The summed E-state index contributed by atoms with van der Waals surface area (Å²) in [5, 5.41) is 13.6. The molecule has 0 saturated carbocycles. The molecule has 0 amide bonds. The lowest BCUT2D eigenvalue weighted by Crippen LogP contribution is -2.48. The molecule has 8 heteroatoms. The summed E-state index contributed by atoms with van der Waals surface area (Å²) in [5.74, 6) is 1.69. The van der Waals surface area contributed by atoms with Crippen molar-refractivity contribution in [2.75, 3.05) is 32.1 Å². The molecule has 0 spiro atoms. The summed E-state index contributed by atoms with van der Waals surface area (Å²) in [6, 6.07) is 12.8. The van der Waals surface area contributed by atoms with Gasteiger partial charge in [0.15, 0.2) is 5.96 Å². The van der Waals surface area contributed by atoms with Crippen molar-refractivity contribution in [3.8, 4) is 16.3 Å². The van der Waals surface area contributed by atoms with Crippen LogP contribution in [0.3, 0.4) is 0 Å². The summed E-state index contributed by atoms with van der Waals surface area (Å²) in [6.45, 7) is 2.80. The van der Waals surface area contributed by atoms with Gasteiger partial charge < -0.3 is 20.3 Å². The van der Waals surface area contributed by atoms with Crippen molar-refractivity contribution in [2.24, 2.45) is 4.99 Å². The summed E-state index contributed by atoms with van der Waals surface area (Å²) < 4.78 is 5.23. The van der Waals surface area contributed by atoms with Crippen molar-refractivity contribution in [1.29, 1.82) is 0 Å². The number of aromatic nitrogens is 1. The zero-order chi connectivity index (χ0) is 20.8. The van der Waals surface area contributed by atoms with E-state index in [0.29, 0.717) is 12.6 Å². The van der Waals surface area contributed by atoms with Gasteiger partial charge in [0, 0.05) is 37.1 Å². The summed E-state index contributed by atoms with van der Waals surface area (Å²) in [5.41, 5.74) is 2.12. The van der Waals surface area contributed by atoms with Gasteiger partial charge in [-0.3, -0.25) is 4.99 Å². The van der Waals surface area contributed by atoms with Crippen molar-refractivity contribution >= 4 is 33.6 Å². The number of guanidine groups is 1. The zero-order valence-electron chi connectivity index (χ0n) is 17.3. The first kappa shape index (κ1) is 20.7. The average molecular weight is 442 g/mol. The molecule has 0 aliphatic carbocycles. The normalized spacial score (nSPS) is 15.3. The Balaban J connectivity index is 1.26. The molecule has 1 saturated heterocycles. The van der Waals surface area contributed by atoms with Gasteiger partial charge >= 0.3 is 0 Å². The largest absolute Gasteiger partial charge is 0.497 e. The van der Waals surface area contributed by atoms with Crippen LogP contribution in [-0.4, -0.2) is 44.2 Å². The maximum Gasteiger partial charge on any atom is 0.191 e. The van der Waals surface area contributed by atoms with Gasteiger partial charge in [0.1, 0.15) is 10.8 Å². The first-order valence-electron chi connectivity index (χ1n) is 10.1. The fourth-order valence-corrected chi connectivity index (χ4v) is 5.12. The Morgan fingerprint density at radius 1 is 1.20 bits per heavy atom. The van der Waals surface area contributed by atoms with Gasteiger partial charge in [-0.1, -0.05) is 0 Å². The predicted octanol–water partition coefficient (Wildman–Crippen LogP) is 4.21. The highest BCUT2D eigenvalue weighted by atomic mass is 32.1. The third kappa shape index (κ3) is 5.12. The molecule has 3 heterocycles. The van der Waals surface area contributed by atoms with E-state index >= 15 is 0 Å². The van der Waals surface area contributed by atoms with Crippen LogP contribution >= 0.6 is 22.7 Å². The maximum atomic E-state index is 5.23. The summed E-state index contributed by atoms with van der Waals surface area (Å²) in [7, 11) is 3.50. The van der Waals surface area contributed by atoms with Gasteiger partial charge in [0.2, 0.25) is 0 Å². The lowest BCUT2D eigenvalue weighted by atomic mass is 10.1. The monoisotopic (exact) mass is 441 g/mol. The molecule has 6 nitrogen and oxygen atoms in total. The number of hydrogen-bond acceptors (Lipinski definition) is 6. The number of aliphatic imine (C=N–C) groups is 1. The van der Waals surface area contributed by atoms with Crippen LogP contribution in [0.5, 0.6) is 5.75 Å². The Labute approximate surface area is 185 Å². The number of thiophene rings is 1. The van der Waals surface area contributed by atoms with Crippen molar-refractivity contribution in [3.05, 3.63) is 52.9 Å². The molecule has 30 heavy (non-hydrogen) atoms. The Bertz CT molecular complexity index is 944. The van der Waals surface area contributed by atoms with E-state index in [1.165, 1.54) is 5.00 Å². The number of piperidine rings is 1. The van der Waals surface area contributed by atoms with E-state index in [9.17, 15) is 0 Å². The highest BCUT2D eigenvalue weighted by Crippen LogP contribution is 2.26. The highest BCUT2D eigenvalue weighted by Gasteiger charge is 2.20. The molecule has 1 aromatic carbocycles. The molecule has 0 unspecified atom stereocenters. The van der Waals surface area contributed by atoms with E-state index in [-0.39, 0.29) is 0 Å². The summed E-state index contributed by atoms with van der Waals surface area (Å²) >= 11 is 3.47. The van der Waals surface area contributed by atoms with Gasteiger partial charge in [-0.25, -0.2) is 4.98 Å². The van der Waals surface area contributed by atoms with Crippen molar-refractivity contribution in [3.63, 3.8) is 0 Å². The molecule has 4 rings (SSSR count). The fourth-order valence-electron chi connectivity index (χ4n) is 3.51. The lowest BCUT2D eigenvalue weighted by Gasteiger charge is -2.33. The molecular formula is C22H27N5OS2. The Morgan fingerprint density at radius 3 is 2.67 bits per heavy atom. The van der Waals surface area contributed by atoms with E-state index in [0.717, 1.165) is 53.9 Å². The molecule has 0 bridgehead atoms. The number of anilines is 1. The third-order valence-corrected chi connectivity index (χ3v) is 7.07. The van der Waals surface area contributed by atoms with E-state index < -0.39 is 0 Å². The summed E-state index contributed by atoms with van der Waals surface area (Å²) in [6.07, 6.45) is 2.22. The van der Waals surface area contributed by atoms with Crippen LogP contribution < -0.4 is 20.3 Å².